The molecule has 0 amide bonds. The molecular weight excluding hydrogens is 286 g/mol. The quantitative estimate of drug-likeness (QED) is 0.770. The van der Waals surface area contributed by atoms with Crippen LogP contribution in [-0.2, 0) is 11.3 Å². The van der Waals surface area contributed by atoms with E-state index >= 15 is 0 Å². The van der Waals surface area contributed by atoms with Crippen molar-refractivity contribution in [3.05, 3.63) is 23.9 Å². The highest BCUT2D eigenvalue weighted by Gasteiger charge is 2.27. The lowest BCUT2D eigenvalue weighted by Gasteiger charge is -2.31. The van der Waals surface area contributed by atoms with E-state index < -0.39 is 0 Å². The Balaban J connectivity index is 1.64. The summed E-state index contributed by atoms with van der Waals surface area (Å²) < 4.78 is 5.88. The summed E-state index contributed by atoms with van der Waals surface area (Å²) in [7, 11) is 2.09. The summed E-state index contributed by atoms with van der Waals surface area (Å²) in [5.41, 5.74) is 1.32. The molecule has 0 bridgehead atoms. The van der Waals surface area contributed by atoms with Gasteiger partial charge in [-0.2, -0.15) is 0 Å². The van der Waals surface area contributed by atoms with Gasteiger partial charge >= 0.3 is 0 Å². The van der Waals surface area contributed by atoms with Crippen molar-refractivity contribution in [1.82, 2.24) is 9.88 Å². The van der Waals surface area contributed by atoms with Gasteiger partial charge in [0.05, 0.1) is 6.10 Å². The van der Waals surface area contributed by atoms with Crippen LogP contribution in [-0.4, -0.2) is 48.8 Å². The summed E-state index contributed by atoms with van der Waals surface area (Å²) in [5, 5.41) is 0. The zero-order valence-corrected chi connectivity index (χ0v) is 14.7. The topological polar surface area (TPSA) is 28.6 Å². The Morgan fingerprint density at radius 3 is 2.61 bits per heavy atom. The van der Waals surface area contributed by atoms with Crippen molar-refractivity contribution in [2.75, 3.05) is 31.6 Å². The minimum atomic E-state index is 0.439. The molecule has 0 N–H and O–H groups in total. The molecule has 2 aliphatic rings. The second-order valence-corrected chi connectivity index (χ2v) is 7.04. The number of nitrogens with zero attached hydrogens (tertiary/aromatic N) is 3. The summed E-state index contributed by atoms with van der Waals surface area (Å²) in [6.45, 7) is 6.18. The van der Waals surface area contributed by atoms with Crippen molar-refractivity contribution in [3.8, 4) is 0 Å². The molecular formula is C19H31N3O. The normalized spacial score (nSPS) is 22.1. The highest BCUT2D eigenvalue weighted by Crippen LogP contribution is 2.27. The Hall–Kier alpha value is -1.13. The fourth-order valence-corrected chi connectivity index (χ4v) is 3.79. The SMILES string of the molecule is CCN(C)c1ccc(CN(CC2CCCO2)C2CCCC2)cn1. The molecule has 2 heterocycles. The highest BCUT2D eigenvalue weighted by molar-refractivity contribution is 5.37. The number of anilines is 1. The average molecular weight is 317 g/mol. The molecule has 1 atom stereocenters. The Labute approximate surface area is 140 Å². The summed E-state index contributed by atoms with van der Waals surface area (Å²) in [5.74, 6) is 1.06. The Kier molecular flexibility index (Phi) is 5.90. The van der Waals surface area contributed by atoms with Crippen molar-refractivity contribution in [3.63, 3.8) is 0 Å². The Morgan fingerprint density at radius 2 is 2.00 bits per heavy atom. The van der Waals surface area contributed by atoms with E-state index in [1.54, 1.807) is 0 Å². The van der Waals surface area contributed by atoms with Crippen LogP contribution in [0.4, 0.5) is 5.82 Å². The number of ether oxygens (including phenoxy) is 1. The maximum Gasteiger partial charge on any atom is 0.128 e. The molecule has 1 saturated heterocycles. The van der Waals surface area contributed by atoms with Crippen LogP contribution in [0.5, 0.6) is 0 Å². The summed E-state index contributed by atoms with van der Waals surface area (Å²) in [6.07, 6.45) is 10.4. The molecule has 23 heavy (non-hydrogen) atoms. The average Bonchev–Trinajstić information content (AvgIpc) is 3.27. The number of hydrogen-bond acceptors (Lipinski definition) is 4. The van der Waals surface area contributed by atoms with Gasteiger partial charge in [-0.15, -0.1) is 0 Å². The van der Waals surface area contributed by atoms with Gasteiger partial charge in [0.15, 0.2) is 0 Å². The zero-order valence-electron chi connectivity index (χ0n) is 14.7. The monoisotopic (exact) mass is 317 g/mol. The summed E-state index contributed by atoms with van der Waals surface area (Å²) in [4.78, 5) is 9.46. The van der Waals surface area contributed by atoms with E-state index in [0.717, 1.165) is 38.1 Å². The minimum Gasteiger partial charge on any atom is -0.377 e. The number of rotatable bonds is 7. The molecule has 128 valence electrons. The molecule has 0 spiro atoms. The van der Waals surface area contributed by atoms with Crippen LogP contribution in [0, 0.1) is 0 Å². The van der Waals surface area contributed by atoms with Gasteiger partial charge in [0.25, 0.3) is 0 Å². The van der Waals surface area contributed by atoms with E-state index in [9.17, 15) is 0 Å². The predicted molar refractivity (Wildman–Crippen MR) is 94.8 cm³/mol. The Morgan fingerprint density at radius 1 is 1.17 bits per heavy atom. The van der Waals surface area contributed by atoms with Gasteiger partial charge in [0.1, 0.15) is 5.82 Å². The maximum absolute atomic E-state index is 5.88. The van der Waals surface area contributed by atoms with Crippen LogP contribution in [0.15, 0.2) is 18.3 Å². The molecule has 1 aliphatic carbocycles. The van der Waals surface area contributed by atoms with Gasteiger partial charge < -0.3 is 9.64 Å². The van der Waals surface area contributed by atoms with E-state index in [-0.39, 0.29) is 0 Å². The van der Waals surface area contributed by atoms with Gasteiger partial charge in [-0.3, -0.25) is 4.90 Å². The van der Waals surface area contributed by atoms with Crippen LogP contribution in [0.1, 0.15) is 51.0 Å². The molecule has 3 rings (SSSR count). The third-order valence-electron chi connectivity index (χ3n) is 5.36. The first-order valence-electron chi connectivity index (χ1n) is 9.28. The zero-order chi connectivity index (χ0) is 16.1. The van der Waals surface area contributed by atoms with Crippen molar-refractivity contribution < 1.29 is 4.74 Å². The summed E-state index contributed by atoms with van der Waals surface area (Å²) in [6, 6.07) is 5.13. The number of hydrogen-bond donors (Lipinski definition) is 0. The molecule has 0 aromatic carbocycles. The fraction of sp³-hybridized carbons (Fsp3) is 0.737. The van der Waals surface area contributed by atoms with Crippen molar-refractivity contribution in [2.45, 2.75) is 64.1 Å². The van der Waals surface area contributed by atoms with E-state index in [2.05, 4.69) is 47.1 Å². The van der Waals surface area contributed by atoms with E-state index in [1.165, 1.54) is 44.1 Å². The van der Waals surface area contributed by atoms with E-state index in [4.69, 9.17) is 4.74 Å². The van der Waals surface area contributed by atoms with Crippen LogP contribution in [0.25, 0.3) is 0 Å². The Bertz CT molecular complexity index is 464. The molecule has 1 saturated carbocycles. The van der Waals surface area contributed by atoms with Crippen LogP contribution >= 0.6 is 0 Å². The van der Waals surface area contributed by atoms with Crippen LogP contribution in [0.3, 0.4) is 0 Å². The van der Waals surface area contributed by atoms with Crippen molar-refractivity contribution in [1.29, 1.82) is 0 Å². The molecule has 1 unspecified atom stereocenters. The first-order valence-corrected chi connectivity index (χ1v) is 9.28. The standard InChI is InChI=1S/C19H31N3O/c1-3-21(2)19-11-10-16(13-20-19)14-22(17-7-4-5-8-17)15-18-9-6-12-23-18/h10-11,13,17-18H,3-9,12,14-15H2,1-2H3. The molecule has 4 nitrogen and oxygen atoms in total. The molecule has 1 aromatic heterocycles. The van der Waals surface area contributed by atoms with Gasteiger partial charge in [-0.25, -0.2) is 4.98 Å². The van der Waals surface area contributed by atoms with Gasteiger partial charge in [0.2, 0.25) is 0 Å². The minimum absolute atomic E-state index is 0.439. The van der Waals surface area contributed by atoms with Gasteiger partial charge in [0, 0.05) is 45.5 Å². The third-order valence-corrected chi connectivity index (χ3v) is 5.36. The number of pyridine rings is 1. The van der Waals surface area contributed by atoms with Crippen LogP contribution < -0.4 is 4.90 Å². The predicted octanol–water partition coefficient (Wildman–Crippen LogP) is 3.46. The molecule has 4 heteroatoms. The fourth-order valence-electron chi connectivity index (χ4n) is 3.79. The van der Waals surface area contributed by atoms with Crippen LogP contribution in [0.2, 0.25) is 0 Å². The molecule has 1 aliphatic heterocycles. The second kappa shape index (κ2) is 8.11. The lowest BCUT2D eigenvalue weighted by Crippen LogP contribution is -2.38. The maximum atomic E-state index is 5.88. The lowest BCUT2D eigenvalue weighted by molar-refractivity contribution is 0.0541. The smallest absolute Gasteiger partial charge is 0.128 e. The second-order valence-electron chi connectivity index (χ2n) is 7.04. The van der Waals surface area contributed by atoms with Gasteiger partial charge in [-0.05, 0) is 44.2 Å². The van der Waals surface area contributed by atoms with Gasteiger partial charge in [-0.1, -0.05) is 18.9 Å². The van der Waals surface area contributed by atoms with Crippen molar-refractivity contribution in [2.24, 2.45) is 0 Å². The highest BCUT2D eigenvalue weighted by atomic mass is 16.5. The first kappa shape index (κ1) is 16.7. The van der Waals surface area contributed by atoms with E-state index in [0.29, 0.717) is 6.10 Å². The molecule has 2 fully saturated rings. The summed E-state index contributed by atoms with van der Waals surface area (Å²) >= 11 is 0. The third kappa shape index (κ3) is 4.45. The largest absolute Gasteiger partial charge is 0.377 e. The van der Waals surface area contributed by atoms with E-state index in [1.807, 2.05) is 0 Å². The lowest BCUT2D eigenvalue weighted by atomic mass is 10.1. The first-order chi connectivity index (χ1) is 11.3. The molecule has 1 aromatic rings. The molecule has 0 radical (unpaired) electrons. The number of aromatic nitrogens is 1. The van der Waals surface area contributed by atoms with Crippen molar-refractivity contribution >= 4 is 5.82 Å².